The fourth-order valence-corrected chi connectivity index (χ4v) is 4.76. The normalized spacial score (nSPS) is 16.0. The van der Waals surface area contributed by atoms with Gasteiger partial charge in [-0.05, 0) is 47.4 Å². The van der Waals surface area contributed by atoms with Gasteiger partial charge in [-0.3, -0.25) is 0 Å². The Morgan fingerprint density at radius 2 is 1.81 bits per heavy atom. The van der Waals surface area contributed by atoms with E-state index in [4.69, 9.17) is 11.6 Å². The summed E-state index contributed by atoms with van der Waals surface area (Å²) in [5.41, 5.74) is 3.79. The Bertz CT molecular complexity index is 909. The molecule has 0 atom stereocenters. The van der Waals surface area contributed by atoms with E-state index in [0.29, 0.717) is 11.2 Å². The smallest absolute Gasteiger partial charge is 0.225 e. The van der Waals surface area contributed by atoms with Crippen molar-refractivity contribution in [3.63, 3.8) is 0 Å². The van der Waals surface area contributed by atoms with Crippen molar-refractivity contribution in [2.24, 2.45) is 5.92 Å². The number of halogens is 1. The summed E-state index contributed by atoms with van der Waals surface area (Å²) in [5, 5.41) is 3.68. The third-order valence-electron chi connectivity index (χ3n) is 5.36. The van der Waals surface area contributed by atoms with Crippen LogP contribution in [0.4, 0.5) is 5.82 Å². The monoisotopic (exact) mass is 385 g/mol. The van der Waals surface area contributed by atoms with E-state index < -0.39 is 0 Å². The second-order valence-electron chi connectivity index (χ2n) is 7.59. The Morgan fingerprint density at radius 1 is 1.12 bits per heavy atom. The fourth-order valence-electron chi connectivity index (χ4n) is 3.61. The first-order valence-electron chi connectivity index (χ1n) is 9.33. The van der Waals surface area contributed by atoms with E-state index in [2.05, 4.69) is 65.3 Å². The summed E-state index contributed by atoms with van der Waals surface area (Å²) in [4.78, 5) is 12.5. The minimum absolute atomic E-state index is 0.342. The average Bonchev–Trinajstić information content (AvgIpc) is 3.05. The number of fused-ring (bicyclic) bond motifs is 1. The van der Waals surface area contributed by atoms with Crippen LogP contribution in [0.2, 0.25) is 5.28 Å². The van der Waals surface area contributed by atoms with Gasteiger partial charge in [0, 0.05) is 24.0 Å². The van der Waals surface area contributed by atoms with Gasteiger partial charge in [-0.1, -0.05) is 45.0 Å². The maximum absolute atomic E-state index is 6.24. The largest absolute Gasteiger partial charge is 0.356 e. The lowest BCUT2D eigenvalue weighted by Crippen LogP contribution is -2.33. The summed E-state index contributed by atoms with van der Waals surface area (Å²) >= 11 is 7.89. The van der Waals surface area contributed by atoms with Gasteiger partial charge in [-0.25, -0.2) is 4.98 Å². The molecule has 1 aliphatic rings. The zero-order valence-electron chi connectivity index (χ0n) is 15.5. The molecule has 1 aromatic carbocycles. The quantitative estimate of drug-likeness (QED) is 0.490. The van der Waals surface area contributed by atoms with E-state index in [-0.39, 0.29) is 0 Å². The first-order valence-corrected chi connectivity index (χ1v) is 10.6. The molecule has 0 bridgehead atoms. The highest BCUT2D eigenvalue weighted by Gasteiger charge is 2.23. The molecule has 0 unspecified atom stereocenters. The van der Waals surface area contributed by atoms with Crippen LogP contribution in [0.3, 0.4) is 0 Å². The van der Waals surface area contributed by atoms with Gasteiger partial charge in [0.2, 0.25) is 5.28 Å². The van der Waals surface area contributed by atoms with Crippen LogP contribution < -0.4 is 4.90 Å². The molecule has 3 aromatic rings. The molecule has 0 saturated carbocycles. The number of hydrogen-bond donors (Lipinski definition) is 0. The van der Waals surface area contributed by atoms with Crippen LogP contribution in [0.1, 0.15) is 45.1 Å². The number of aromatic nitrogens is 2. The molecule has 3 heterocycles. The molecule has 136 valence electrons. The van der Waals surface area contributed by atoms with E-state index >= 15 is 0 Å². The number of hydrogen-bond acceptors (Lipinski definition) is 4. The third kappa shape index (κ3) is 3.33. The number of thiophene rings is 1. The topological polar surface area (TPSA) is 29.0 Å². The third-order valence-corrected chi connectivity index (χ3v) is 6.40. The number of rotatable bonds is 3. The van der Waals surface area contributed by atoms with Crippen molar-refractivity contribution in [2.45, 2.75) is 39.5 Å². The van der Waals surface area contributed by atoms with Crippen LogP contribution in [0.5, 0.6) is 0 Å². The van der Waals surface area contributed by atoms with Gasteiger partial charge >= 0.3 is 0 Å². The van der Waals surface area contributed by atoms with Crippen LogP contribution in [0.25, 0.3) is 21.3 Å². The van der Waals surface area contributed by atoms with Gasteiger partial charge < -0.3 is 4.90 Å². The molecule has 0 N–H and O–H groups in total. The highest BCUT2D eigenvalue weighted by molar-refractivity contribution is 7.17. The fraction of sp³-hybridized carbons (Fsp3) is 0.429. The maximum Gasteiger partial charge on any atom is 0.225 e. The Hall–Kier alpha value is -1.65. The summed E-state index contributed by atoms with van der Waals surface area (Å²) < 4.78 is 0. The minimum atomic E-state index is 0.342. The van der Waals surface area contributed by atoms with Crippen LogP contribution in [0.15, 0.2) is 29.6 Å². The van der Waals surface area contributed by atoms with Crippen molar-refractivity contribution in [3.05, 3.63) is 40.5 Å². The maximum atomic E-state index is 6.24. The van der Waals surface area contributed by atoms with E-state index in [1.54, 1.807) is 11.3 Å². The van der Waals surface area contributed by atoms with Crippen molar-refractivity contribution >= 4 is 39.0 Å². The lowest BCUT2D eigenvalue weighted by molar-refractivity contribution is 0.437. The molecule has 4 rings (SSSR count). The molecule has 0 amide bonds. The van der Waals surface area contributed by atoms with Crippen molar-refractivity contribution < 1.29 is 0 Å². The van der Waals surface area contributed by atoms with Gasteiger partial charge in [0.25, 0.3) is 0 Å². The molecule has 1 saturated heterocycles. The summed E-state index contributed by atoms with van der Waals surface area (Å²) in [5.74, 6) is 2.32. The Kier molecular flexibility index (Phi) is 4.89. The molecule has 0 spiro atoms. The van der Waals surface area contributed by atoms with Gasteiger partial charge in [0.05, 0.1) is 5.39 Å². The van der Waals surface area contributed by atoms with Crippen LogP contribution >= 0.6 is 22.9 Å². The van der Waals surface area contributed by atoms with Crippen molar-refractivity contribution in [2.75, 3.05) is 18.0 Å². The molecule has 2 aromatic heterocycles. The molecule has 0 radical (unpaired) electrons. The lowest BCUT2D eigenvalue weighted by atomic mass is 9.97. The number of benzene rings is 1. The molecule has 0 aliphatic carbocycles. The standard InChI is InChI=1S/C21H24ClN3S/c1-13(2)15-4-6-16(7-5-15)17-12-26-20-18(17)19(23-21(22)24-20)25-10-8-14(3)9-11-25/h4-7,12-14H,8-11H2,1-3H3. The van der Waals surface area contributed by atoms with E-state index in [1.807, 2.05) is 0 Å². The van der Waals surface area contributed by atoms with Crippen LogP contribution in [0, 0.1) is 5.92 Å². The SMILES string of the molecule is CC1CCN(c2nc(Cl)nc3scc(-c4ccc(C(C)C)cc4)c23)CC1. The highest BCUT2D eigenvalue weighted by Crippen LogP contribution is 2.40. The molecule has 5 heteroatoms. The zero-order valence-corrected chi connectivity index (χ0v) is 17.1. The lowest BCUT2D eigenvalue weighted by Gasteiger charge is -2.31. The molecule has 1 aliphatic heterocycles. The molecular weight excluding hydrogens is 362 g/mol. The first-order chi connectivity index (χ1) is 12.5. The van der Waals surface area contributed by atoms with E-state index in [9.17, 15) is 0 Å². The minimum Gasteiger partial charge on any atom is -0.356 e. The molecular formula is C21H24ClN3S. The second-order valence-corrected chi connectivity index (χ2v) is 8.79. The van der Waals surface area contributed by atoms with Crippen molar-refractivity contribution in [1.82, 2.24) is 9.97 Å². The Balaban J connectivity index is 1.81. The summed E-state index contributed by atoms with van der Waals surface area (Å²) in [6.07, 6.45) is 2.40. The van der Waals surface area contributed by atoms with Crippen molar-refractivity contribution in [1.29, 1.82) is 0 Å². The predicted octanol–water partition coefficient (Wildman–Crippen LogP) is 6.37. The average molecular weight is 386 g/mol. The van der Waals surface area contributed by atoms with Gasteiger partial charge in [0.1, 0.15) is 10.6 Å². The first kappa shape index (κ1) is 17.7. The van der Waals surface area contributed by atoms with Gasteiger partial charge in [-0.2, -0.15) is 4.98 Å². The van der Waals surface area contributed by atoms with Crippen LogP contribution in [-0.4, -0.2) is 23.1 Å². The number of anilines is 1. The predicted molar refractivity (Wildman–Crippen MR) is 113 cm³/mol. The van der Waals surface area contributed by atoms with E-state index in [0.717, 1.165) is 35.0 Å². The summed E-state index contributed by atoms with van der Waals surface area (Å²) in [6.45, 7) is 8.84. The zero-order chi connectivity index (χ0) is 18.3. The Morgan fingerprint density at radius 3 is 2.46 bits per heavy atom. The summed E-state index contributed by atoms with van der Waals surface area (Å²) in [6, 6.07) is 8.88. The molecule has 26 heavy (non-hydrogen) atoms. The highest BCUT2D eigenvalue weighted by atomic mass is 35.5. The second kappa shape index (κ2) is 7.16. The van der Waals surface area contributed by atoms with Gasteiger partial charge in [-0.15, -0.1) is 11.3 Å². The van der Waals surface area contributed by atoms with Crippen molar-refractivity contribution in [3.8, 4) is 11.1 Å². The molecule has 3 nitrogen and oxygen atoms in total. The number of piperidine rings is 1. The Labute approximate surface area is 164 Å². The van der Waals surface area contributed by atoms with E-state index in [1.165, 1.54) is 29.5 Å². The van der Waals surface area contributed by atoms with Crippen LogP contribution in [-0.2, 0) is 0 Å². The number of nitrogens with zero attached hydrogens (tertiary/aromatic N) is 3. The summed E-state index contributed by atoms with van der Waals surface area (Å²) in [7, 11) is 0. The molecule has 1 fully saturated rings. The van der Waals surface area contributed by atoms with Gasteiger partial charge in [0.15, 0.2) is 0 Å².